The van der Waals surface area contributed by atoms with E-state index in [4.69, 9.17) is 27.3 Å². The first-order valence-electron chi connectivity index (χ1n) is 5.92. The van der Waals surface area contributed by atoms with Gasteiger partial charge in [-0.25, -0.2) is 0 Å². The van der Waals surface area contributed by atoms with E-state index in [1.807, 2.05) is 6.07 Å². The predicted octanol–water partition coefficient (Wildman–Crippen LogP) is 1.25. The molecule has 0 aliphatic carbocycles. The quantitative estimate of drug-likeness (QED) is 0.736. The lowest BCUT2D eigenvalue weighted by Gasteiger charge is -2.11. The summed E-state index contributed by atoms with van der Waals surface area (Å²) in [5, 5.41) is 11.5. The van der Waals surface area contributed by atoms with Crippen LogP contribution in [0.2, 0.25) is 5.02 Å². The average molecular weight is 282 g/mol. The molecule has 1 aromatic rings. The minimum Gasteiger partial charge on any atom is -0.483 e. The van der Waals surface area contributed by atoms with E-state index in [-0.39, 0.29) is 18.9 Å². The van der Waals surface area contributed by atoms with Gasteiger partial charge < -0.3 is 15.8 Å². The second-order valence-electron chi connectivity index (χ2n) is 3.84. The van der Waals surface area contributed by atoms with E-state index in [0.717, 1.165) is 5.56 Å². The molecule has 19 heavy (non-hydrogen) atoms. The molecule has 0 aromatic heterocycles. The van der Waals surface area contributed by atoms with Crippen LogP contribution in [0.5, 0.6) is 5.75 Å². The number of carbonyl (C=O) groups is 1. The van der Waals surface area contributed by atoms with Crippen LogP contribution in [0.4, 0.5) is 0 Å². The maximum atomic E-state index is 11.4. The van der Waals surface area contributed by atoms with Crippen molar-refractivity contribution in [3.8, 4) is 11.8 Å². The Balaban J connectivity index is 2.52. The van der Waals surface area contributed by atoms with Gasteiger partial charge in [0.2, 0.25) is 0 Å². The molecule has 0 fully saturated rings. The van der Waals surface area contributed by atoms with Crippen molar-refractivity contribution in [2.24, 2.45) is 5.73 Å². The van der Waals surface area contributed by atoms with E-state index in [1.54, 1.807) is 18.2 Å². The number of halogens is 1. The zero-order chi connectivity index (χ0) is 14.1. The van der Waals surface area contributed by atoms with Crippen LogP contribution >= 0.6 is 11.6 Å². The molecule has 0 unspecified atom stereocenters. The third-order valence-corrected chi connectivity index (χ3v) is 2.59. The molecule has 6 heteroatoms. The summed E-state index contributed by atoms with van der Waals surface area (Å²) < 4.78 is 5.43. The first-order valence-corrected chi connectivity index (χ1v) is 6.30. The van der Waals surface area contributed by atoms with E-state index < -0.39 is 0 Å². The Bertz CT molecular complexity index is 471. The lowest BCUT2D eigenvalue weighted by atomic mass is 10.1. The number of hydrogen-bond donors (Lipinski definition) is 2. The van der Waals surface area contributed by atoms with Crippen molar-refractivity contribution >= 4 is 17.5 Å². The van der Waals surface area contributed by atoms with Crippen LogP contribution in [0.25, 0.3) is 0 Å². The number of ether oxygens (including phenoxy) is 1. The maximum absolute atomic E-state index is 11.4. The largest absolute Gasteiger partial charge is 0.483 e. The zero-order valence-corrected chi connectivity index (χ0v) is 11.2. The van der Waals surface area contributed by atoms with Crippen LogP contribution in [0.15, 0.2) is 18.2 Å². The predicted molar refractivity (Wildman–Crippen MR) is 72.9 cm³/mol. The number of rotatable bonds is 7. The fraction of sp³-hybridized carbons (Fsp3) is 0.385. The highest BCUT2D eigenvalue weighted by molar-refractivity contribution is 6.30. The molecular weight excluding hydrogens is 266 g/mol. The fourth-order valence-electron chi connectivity index (χ4n) is 1.49. The van der Waals surface area contributed by atoms with Crippen molar-refractivity contribution in [2.75, 3.05) is 19.7 Å². The Morgan fingerprint density at radius 3 is 3.00 bits per heavy atom. The molecule has 1 rings (SSSR count). The number of carbonyl (C=O) groups excluding carboxylic acids is 1. The van der Waals surface area contributed by atoms with Crippen molar-refractivity contribution in [1.29, 1.82) is 5.26 Å². The highest BCUT2D eigenvalue weighted by Crippen LogP contribution is 2.23. The number of hydrogen-bond acceptors (Lipinski definition) is 4. The Labute approximate surface area is 117 Å². The number of nitrogens with zero attached hydrogens (tertiary/aromatic N) is 1. The van der Waals surface area contributed by atoms with Gasteiger partial charge in [0.25, 0.3) is 5.91 Å². The van der Waals surface area contributed by atoms with Gasteiger partial charge >= 0.3 is 0 Å². The van der Waals surface area contributed by atoms with Gasteiger partial charge in [-0.3, -0.25) is 4.79 Å². The molecule has 1 amide bonds. The molecular formula is C13H16ClN3O2. The monoisotopic (exact) mass is 281 g/mol. The Morgan fingerprint density at radius 2 is 2.32 bits per heavy atom. The van der Waals surface area contributed by atoms with Crippen LogP contribution in [0.1, 0.15) is 12.0 Å². The SMILES string of the molecule is N#CCCNC(=O)COc1ccc(Cl)cc1CCN. The van der Waals surface area contributed by atoms with Gasteiger partial charge in [-0.05, 0) is 36.7 Å². The molecule has 1 aromatic carbocycles. The molecule has 0 aliphatic rings. The van der Waals surface area contributed by atoms with Crippen LogP contribution < -0.4 is 15.8 Å². The summed E-state index contributed by atoms with van der Waals surface area (Å²) in [4.78, 5) is 11.4. The van der Waals surface area contributed by atoms with Crippen LogP contribution in [0.3, 0.4) is 0 Å². The number of amides is 1. The van der Waals surface area contributed by atoms with Crippen LogP contribution in [0, 0.1) is 11.3 Å². The number of nitrogens with one attached hydrogen (secondary N) is 1. The molecule has 0 spiro atoms. The lowest BCUT2D eigenvalue weighted by molar-refractivity contribution is -0.123. The second-order valence-corrected chi connectivity index (χ2v) is 4.27. The first-order chi connectivity index (χ1) is 9.17. The Morgan fingerprint density at radius 1 is 1.53 bits per heavy atom. The molecule has 0 radical (unpaired) electrons. The molecule has 5 nitrogen and oxygen atoms in total. The van der Waals surface area contributed by atoms with E-state index in [1.165, 1.54) is 0 Å². The van der Waals surface area contributed by atoms with E-state index >= 15 is 0 Å². The van der Waals surface area contributed by atoms with Gasteiger partial charge in [0.1, 0.15) is 5.75 Å². The summed E-state index contributed by atoms with van der Waals surface area (Å²) in [6.07, 6.45) is 0.914. The number of nitrogens with two attached hydrogens (primary N) is 1. The molecule has 0 heterocycles. The Kier molecular flexibility index (Phi) is 6.72. The minimum absolute atomic E-state index is 0.0926. The molecule has 0 atom stereocenters. The van der Waals surface area contributed by atoms with E-state index in [2.05, 4.69) is 5.32 Å². The van der Waals surface area contributed by atoms with Crippen molar-refractivity contribution < 1.29 is 9.53 Å². The second kappa shape index (κ2) is 8.35. The van der Waals surface area contributed by atoms with Gasteiger partial charge in [0.15, 0.2) is 6.61 Å². The summed E-state index contributed by atoms with van der Waals surface area (Å²) in [6.45, 7) is 0.713. The average Bonchev–Trinajstić information content (AvgIpc) is 2.38. The highest BCUT2D eigenvalue weighted by atomic mass is 35.5. The number of nitriles is 1. The third-order valence-electron chi connectivity index (χ3n) is 2.35. The molecule has 0 bridgehead atoms. The standard InChI is InChI=1S/C13H16ClN3O2/c14-11-2-3-12(10(8-11)4-6-16)19-9-13(18)17-7-1-5-15/h2-3,8H,1,4,6-7,9,16H2,(H,17,18). The summed E-state index contributed by atoms with van der Waals surface area (Å²) in [7, 11) is 0. The van der Waals surface area contributed by atoms with E-state index in [9.17, 15) is 4.79 Å². The van der Waals surface area contributed by atoms with Crippen LogP contribution in [-0.2, 0) is 11.2 Å². The normalized spacial score (nSPS) is 9.74. The first kappa shape index (κ1) is 15.3. The van der Waals surface area contributed by atoms with Crippen molar-refractivity contribution in [3.05, 3.63) is 28.8 Å². The minimum atomic E-state index is -0.260. The summed E-state index contributed by atoms with van der Waals surface area (Å²) >= 11 is 5.89. The van der Waals surface area contributed by atoms with Crippen LogP contribution in [-0.4, -0.2) is 25.6 Å². The van der Waals surface area contributed by atoms with Crippen molar-refractivity contribution in [1.82, 2.24) is 5.32 Å². The zero-order valence-electron chi connectivity index (χ0n) is 10.5. The van der Waals surface area contributed by atoms with Gasteiger partial charge in [-0.1, -0.05) is 11.6 Å². The Hall–Kier alpha value is -1.77. The molecule has 102 valence electrons. The summed E-state index contributed by atoms with van der Waals surface area (Å²) in [5.41, 5.74) is 6.38. The van der Waals surface area contributed by atoms with Gasteiger partial charge in [-0.2, -0.15) is 5.26 Å². The van der Waals surface area contributed by atoms with Gasteiger partial charge in [-0.15, -0.1) is 0 Å². The lowest BCUT2D eigenvalue weighted by Crippen LogP contribution is -2.29. The van der Waals surface area contributed by atoms with Gasteiger partial charge in [0, 0.05) is 11.6 Å². The topological polar surface area (TPSA) is 88.1 Å². The molecule has 0 saturated heterocycles. The van der Waals surface area contributed by atoms with Crippen molar-refractivity contribution in [2.45, 2.75) is 12.8 Å². The fourth-order valence-corrected chi connectivity index (χ4v) is 1.69. The number of benzene rings is 1. The third kappa shape index (κ3) is 5.60. The maximum Gasteiger partial charge on any atom is 0.257 e. The summed E-state index contributed by atoms with van der Waals surface area (Å²) in [5.74, 6) is 0.342. The summed E-state index contributed by atoms with van der Waals surface area (Å²) in [6, 6.07) is 7.14. The molecule has 0 saturated carbocycles. The van der Waals surface area contributed by atoms with Gasteiger partial charge in [0.05, 0.1) is 12.5 Å². The van der Waals surface area contributed by atoms with E-state index in [0.29, 0.717) is 30.3 Å². The molecule has 0 aliphatic heterocycles. The molecule has 3 N–H and O–H groups in total. The van der Waals surface area contributed by atoms with Crippen molar-refractivity contribution in [3.63, 3.8) is 0 Å². The smallest absolute Gasteiger partial charge is 0.257 e. The highest BCUT2D eigenvalue weighted by Gasteiger charge is 2.07.